The lowest BCUT2D eigenvalue weighted by Gasteiger charge is -2.08. The molecular weight excluding hydrogens is 264 g/mol. The van der Waals surface area contributed by atoms with Gasteiger partial charge in [-0.05, 0) is 27.2 Å². The fourth-order valence-corrected chi connectivity index (χ4v) is 1.59. The summed E-state index contributed by atoms with van der Waals surface area (Å²) in [5.74, 6) is -0.226. The third-order valence-corrected chi connectivity index (χ3v) is 2.66. The zero-order valence-electron chi connectivity index (χ0n) is 12.0. The van der Waals surface area contributed by atoms with Gasteiger partial charge < -0.3 is 10.1 Å². The van der Waals surface area contributed by atoms with Crippen LogP contribution >= 0.6 is 0 Å². The van der Waals surface area contributed by atoms with Crippen molar-refractivity contribution in [3.8, 4) is 0 Å². The fourth-order valence-electron chi connectivity index (χ4n) is 1.59. The fraction of sp³-hybridized carbons (Fsp3) is 0.667. The highest BCUT2D eigenvalue weighted by atomic mass is 16.6. The average molecular weight is 284 g/mol. The number of hydrogen-bond donors (Lipinski definition) is 1. The molecule has 112 valence electrons. The van der Waals surface area contributed by atoms with Crippen LogP contribution in [-0.4, -0.2) is 39.9 Å². The normalized spacial score (nSPS) is 10.8. The molecule has 0 unspecified atom stereocenters. The van der Waals surface area contributed by atoms with Crippen molar-refractivity contribution < 1.29 is 14.5 Å². The van der Waals surface area contributed by atoms with E-state index in [1.807, 2.05) is 13.8 Å². The van der Waals surface area contributed by atoms with E-state index in [2.05, 4.69) is 10.4 Å². The van der Waals surface area contributed by atoms with E-state index in [1.54, 1.807) is 6.92 Å². The van der Waals surface area contributed by atoms with Gasteiger partial charge >= 0.3 is 5.69 Å². The zero-order chi connectivity index (χ0) is 15.1. The lowest BCUT2D eigenvalue weighted by molar-refractivity contribution is -0.385. The van der Waals surface area contributed by atoms with E-state index in [9.17, 15) is 14.9 Å². The van der Waals surface area contributed by atoms with Crippen molar-refractivity contribution in [1.29, 1.82) is 0 Å². The first kappa shape index (κ1) is 16.1. The second-order valence-corrected chi connectivity index (χ2v) is 4.65. The molecule has 0 bridgehead atoms. The average Bonchev–Trinajstić information content (AvgIpc) is 2.70. The number of nitro groups is 1. The first-order chi connectivity index (χ1) is 9.41. The van der Waals surface area contributed by atoms with Gasteiger partial charge in [0, 0.05) is 13.2 Å². The molecule has 8 heteroatoms. The second-order valence-electron chi connectivity index (χ2n) is 4.65. The number of nitrogens with one attached hydrogen (secondary N) is 1. The molecule has 0 fully saturated rings. The lowest BCUT2D eigenvalue weighted by Crippen LogP contribution is -2.29. The predicted molar refractivity (Wildman–Crippen MR) is 72.3 cm³/mol. The summed E-state index contributed by atoms with van der Waals surface area (Å²) in [5.41, 5.74) is 0.288. The molecule has 0 aliphatic rings. The van der Waals surface area contributed by atoms with Gasteiger partial charge in [0.05, 0.1) is 11.0 Å². The maximum absolute atomic E-state index is 11.7. The molecule has 20 heavy (non-hydrogen) atoms. The van der Waals surface area contributed by atoms with E-state index in [1.165, 1.54) is 4.68 Å². The maximum Gasteiger partial charge on any atom is 0.309 e. The van der Waals surface area contributed by atoms with E-state index < -0.39 is 4.92 Å². The van der Waals surface area contributed by atoms with Gasteiger partial charge in [0.15, 0.2) is 0 Å². The Labute approximate surface area is 117 Å². The number of aromatic nitrogens is 2. The standard InChI is InChI=1S/C12H20N4O4/c1-9(2)20-6-4-5-13-12(17)8-15-10(3)11(7-14-15)16(18)19/h7,9H,4-6,8H2,1-3H3,(H,13,17). The minimum atomic E-state index is -0.514. The molecule has 0 radical (unpaired) electrons. The largest absolute Gasteiger partial charge is 0.379 e. The molecular formula is C12H20N4O4. The summed E-state index contributed by atoms with van der Waals surface area (Å²) >= 11 is 0. The summed E-state index contributed by atoms with van der Waals surface area (Å²) in [6.07, 6.45) is 2.05. The number of nitrogens with zero attached hydrogens (tertiary/aromatic N) is 3. The van der Waals surface area contributed by atoms with Crippen LogP contribution < -0.4 is 5.32 Å². The molecule has 1 aromatic heterocycles. The summed E-state index contributed by atoms with van der Waals surface area (Å²) in [7, 11) is 0. The van der Waals surface area contributed by atoms with Crippen LogP contribution in [0.1, 0.15) is 26.0 Å². The molecule has 0 saturated carbocycles. The molecule has 1 aromatic rings. The Hall–Kier alpha value is -1.96. The van der Waals surface area contributed by atoms with Crippen LogP contribution in [-0.2, 0) is 16.1 Å². The van der Waals surface area contributed by atoms with Gasteiger partial charge in [-0.25, -0.2) is 0 Å². The Morgan fingerprint density at radius 2 is 2.30 bits per heavy atom. The number of carbonyl (C=O) groups is 1. The quantitative estimate of drug-likeness (QED) is 0.436. The van der Waals surface area contributed by atoms with Crippen LogP contribution in [0.3, 0.4) is 0 Å². The number of rotatable bonds is 8. The summed E-state index contributed by atoms with van der Waals surface area (Å²) in [4.78, 5) is 21.8. The highest BCUT2D eigenvalue weighted by Gasteiger charge is 2.17. The van der Waals surface area contributed by atoms with Crippen LogP contribution in [0.15, 0.2) is 6.20 Å². The molecule has 0 aromatic carbocycles. The zero-order valence-corrected chi connectivity index (χ0v) is 12.0. The second kappa shape index (κ2) is 7.59. The molecule has 0 saturated heterocycles. The Bertz CT molecular complexity index is 470. The topological polar surface area (TPSA) is 99.3 Å². The van der Waals surface area contributed by atoms with Crippen LogP contribution in [0.2, 0.25) is 0 Å². The number of ether oxygens (including phenoxy) is 1. The van der Waals surface area contributed by atoms with E-state index in [0.29, 0.717) is 18.8 Å². The predicted octanol–water partition coefficient (Wildman–Crippen LogP) is 1.03. The van der Waals surface area contributed by atoms with Crippen molar-refractivity contribution in [2.24, 2.45) is 0 Å². The Balaban J connectivity index is 2.34. The van der Waals surface area contributed by atoms with Crippen molar-refractivity contribution in [3.63, 3.8) is 0 Å². The first-order valence-corrected chi connectivity index (χ1v) is 6.47. The van der Waals surface area contributed by atoms with Crippen molar-refractivity contribution in [2.45, 2.75) is 39.8 Å². The first-order valence-electron chi connectivity index (χ1n) is 6.47. The highest BCUT2D eigenvalue weighted by Crippen LogP contribution is 2.15. The minimum absolute atomic E-state index is 0.0231. The third-order valence-electron chi connectivity index (χ3n) is 2.66. The van der Waals surface area contributed by atoms with E-state index in [4.69, 9.17) is 4.74 Å². The SMILES string of the molecule is Cc1c([N+](=O)[O-])cnn1CC(=O)NCCCOC(C)C. The van der Waals surface area contributed by atoms with E-state index in [0.717, 1.165) is 12.6 Å². The Kier molecular flexibility index (Phi) is 6.10. The Morgan fingerprint density at radius 1 is 1.60 bits per heavy atom. The van der Waals surface area contributed by atoms with Crippen molar-refractivity contribution in [2.75, 3.05) is 13.2 Å². The van der Waals surface area contributed by atoms with Crippen molar-refractivity contribution >= 4 is 11.6 Å². The maximum atomic E-state index is 11.7. The molecule has 0 atom stereocenters. The summed E-state index contributed by atoms with van der Waals surface area (Å²) < 4.78 is 6.66. The molecule has 0 aliphatic heterocycles. The summed E-state index contributed by atoms with van der Waals surface area (Å²) in [5, 5.41) is 17.2. The Morgan fingerprint density at radius 3 is 2.85 bits per heavy atom. The molecule has 1 heterocycles. The number of carbonyl (C=O) groups excluding carboxylic acids is 1. The lowest BCUT2D eigenvalue weighted by atomic mass is 10.4. The minimum Gasteiger partial charge on any atom is -0.379 e. The van der Waals surface area contributed by atoms with Gasteiger partial charge in [0.2, 0.25) is 5.91 Å². The van der Waals surface area contributed by atoms with E-state index in [-0.39, 0.29) is 24.2 Å². The number of hydrogen-bond acceptors (Lipinski definition) is 5. The number of amides is 1. The van der Waals surface area contributed by atoms with Gasteiger partial charge in [0.1, 0.15) is 18.4 Å². The highest BCUT2D eigenvalue weighted by molar-refractivity contribution is 5.75. The monoisotopic (exact) mass is 284 g/mol. The molecule has 0 spiro atoms. The van der Waals surface area contributed by atoms with Crippen LogP contribution in [0.25, 0.3) is 0 Å². The molecule has 1 amide bonds. The van der Waals surface area contributed by atoms with Gasteiger partial charge in [-0.1, -0.05) is 0 Å². The van der Waals surface area contributed by atoms with Crippen LogP contribution in [0.5, 0.6) is 0 Å². The third kappa shape index (κ3) is 4.96. The molecule has 0 aliphatic carbocycles. The summed E-state index contributed by atoms with van der Waals surface area (Å²) in [6, 6.07) is 0. The summed E-state index contributed by atoms with van der Waals surface area (Å²) in [6.45, 7) is 6.54. The molecule has 1 rings (SSSR count). The van der Waals surface area contributed by atoms with Crippen LogP contribution in [0, 0.1) is 17.0 Å². The van der Waals surface area contributed by atoms with Crippen molar-refractivity contribution in [1.82, 2.24) is 15.1 Å². The van der Waals surface area contributed by atoms with Gasteiger partial charge in [-0.2, -0.15) is 5.10 Å². The molecule has 8 nitrogen and oxygen atoms in total. The molecule has 1 N–H and O–H groups in total. The van der Waals surface area contributed by atoms with Gasteiger partial charge in [0.25, 0.3) is 0 Å². The van der Waals surface area contributed by atoms with Gasteiger partial charge in [-0.15, -0.1) is 0 Å². The van der Waals surface area contributed by atoms with Gasteiger partial charge in [-0.3, -0.25) is 19.6 Å². The van der Waals surface area contributed by atoms with Crippen LogP contribution in [0.4, 0.5) is 5.69 Å². The van der Waals surface area contributed by atoms with Crippen molar-refractivity contribution in [3.05, 3.63) is 22.0 Å². The smallest absolute Gasteiger partial charge is 0.309 e. The van der Waals surface area contributed by atoms with E-state index >= 15 is 0 Å².